The number of aromatic nitrogens is 4. The molecule has 0 aliphatic rings. The summed E-state index contributed by atoms with van der Waals surface area (Å²) < 4.78 is 18.0. The van der Waals surface area contributed by atoms with Crippen molar-refractivity contribution in [3.63, 3.8) is 0 Å². The van der Waals surface area contributed by atoms with Gasteiger partial charge in [0.15, 0.2) is 5.16 Å². The van der Waals surface area contributed by atoms with Gasteiger partial charge in [-0.2, -0.15) is 4.98 Å². The molecule has 1 N–H and O–H groups in total. The zero-order valence-corrected chi connectivity index (χ0v) is 14.1. The van der Waals surface area contributed by atoms with Crippen molar-refractivity contribution >= 4 is 33.2 Å². The summed E-state index contributed by atoms with van der Waals surface area (Å²) in [5, 5.41) is 4.32. The van der Waals surface area contributed by atoms with Gasteiger partial charge in [-0.25, -0.2) is 9.97 Å². The standard InChI is InChI=1S/C14H16N4O2S2/c1-8(2)20-13-9(3)4-15-12(18-13)7-22(19)14-16-10-5-21-6-11(10)17-14/h4-6,8H,7H2,1-3H3,(H,16,17). The van der Waals surface area contributed by atoms with E-state index in [9.17, 15) is 4.21 Å². The molecule has 0 aliphatic heterocycles. The van der Waals surface area contributed by atoms with Gasteiger partial charge in [0.25, 0.3) is 0 Å². The Hall–Kier alpha value is -1.80. The second-order valence-corrected chi connectivity index (χ2v) is 7.25. The first kappa shape index (κ1) is 15.1. The molecule has 0 amide bonds. The fourth-order valence-electron chi connectivity index (χ4n) is 1.89. The van der Waals surface area contributed by atoms with Crippen LogP contribution in [0.1, 0.15) is 25.2 Å². The number of aromatic amines is 1. The molecule has 0 saturated carbocycles. The summed E-state index contributed by atoms with van der Waals surface area (Å²) >= 11 is 1.56. The van der Waals surface area contributed by atoms with Crippen molar-refractivity contribution in [2.45, 2.75) is 37.8 Å². The summed E-state index contributed by atoms with van der Waals surface area (Å²) in [6.45, 7) is 5.77. The Morgan fingerprint density at radius 3 is 2.91 bits per heavy atom. The number of H-pyrrole nitrogens is 1. The summed E-state index contributed by atoms with van der Waals surface area (Å²) in [6.07, 6.45) is 1.72. The van der Waals surface area contributed by atoms with Crippen LogP contribution in [0.4, 0.5) is 0 Å². The highest BCUT2D eigenvalue weighted by molar-refractivity contribution is 7.84. The highest BCUT2D eigenvalue weighted by Gasteiger charge is 2.14. The van der Waals surface area contributed by atoms with Crippen LogP contribution in [-0.2, 0) is 16.6 Å². The molecule has 1 atom stereocenters. The molecule has 6 nitrogen and oxygen atoms in total. The summed E-state index contributed by atoms with van der Waals surface area (Å²) in [6, 6.07) is 0. The molecule has 0 fully saturated rings. The van der Waals surface area contributed by atoms with Crippen molar-refractivity contribution in [3.05, 3.63) is 28.3 Å². The number of rotatable bonds is 5. The van der Waals surface area contributed by atoms with E-state index in [0.29, 0.717) is 16.9 Å². The van der Waals surface area contributed by atoms with Crippen LogP contribution in [0.5, 0.6) is 5.88 Å². The minimum absolute atomic E-state index is 0.0311. The third-order valence-electron chi connectivity index (χ3n) is 2.90. The van der Waals surface area contributed by atoms with E-state index in [2.05, 4.69) is 19.9 Å². The largest absolute Gasteiger partial charge is 0.475 e. The highest BCUT2D eigenvalue weighted by atomic mass is 32.2. The van der Waals surface area contributed by atoms with Gasteiger partial charge in [0, 0.05) is 22.5 Å². The van der Waals surface area contributed by atoms with Crippen LogP contribution in [-0.4, -0.2) is 30.2 Å². The first-order chi connectivity index (χ1) is 10.5. The maximum absolute atomic E-state index is 12.4. The number of nitrogens with zero attached hydrogens (tertiary/aromatic N) is 3. The summed E-state index contributed by atoms with van der Waals surface area (Å²) in [7, 11) is -1.32. The quantitative estimate of drug-likeness (QED) is 0.775. The molecule has 3 rings (SSSR count). The molecule has 3 aromatic rings. The maximum atomic E-state index is 12.4. The van der Waals surface area contributed by atoms with Gasteiger partial charge in [-0.15, -0.1) is 11.3 Å². The number of imidazole rings is 1. The Morgan fingerprint density at radius 2 is 2.18 bits per heavy atom. The van der Waals surface area contributed by atoms with Gasteiger partial charge >= 0.3 is 0 Å². The molecule has 116 valence electrons. The van der Waals surface area contributed by atoms with E-state index < -0.39 is 10.8 Å². The zero-order chi connectivity index (χ0) is 15.7. The molecule has 8 heteroatoms. The number of ether oxygens (including phenoxy) is 1. The molecule has 3 aromatic heterocycles. The van der Waals surface area contributed by atoms with Crippen LogP contribution in [0.2, 0.25) is 0 Å². The fourth-order valence-corrected chi connectivity index (χ4v) is 3.52. The van der Waals surface area contributed by atoms with Crippen LogP contribution in [0.15, 0.2) is 22.1 Å². The normalized spacial score (nSPS) is 12.9. The molecule has 0 radical (unpaired) electrons. The van der Waals surface area contributed by atoms with Crippen LogP contribution in [0, 0.1) is 6.92 Å². The fraction of sp³-hybridized carbons (Fsp3) is 0.357. The van der Waals surface area contributed by atoms with E-state index in [1.807, 2.05) is 31.5 Å². The lowest BCUT2D eigenvalue weighted by atomic mass is 10.3. The van der Waals surface area contributed by atoms with E-state index in [1.165, 1.54) is 0 Å². The van der Waals surface area contributed by atoms with Crippen LogP contribution in [0.3, 0.4) is 0 Å². The second-order valence-electron chi connectivity index (χ2n) is 5.14. The maximum Gasteiger partial charge on any atom is 0.219 e. The number of hydrogen-bond acceptors (Lipinski definition) is 6. The average molecular weight is 336 g/mol. The molecule has 0 saturated heterocycles. The van der Waals surface area contributed by atoms with Crippen LogP contribution < -0.4 is 4.74 Å². The Kier molecular flexibility index (Phi) is 4.21. The molecular weight excluding hydrogens is 320 g/mol. The second kappa shape index (κ2) is 6.13. The number of hydrogen-bond donors (Lipinski definition) is 1. The average Bonchev–Trinajstić information content (AvgIpc) is 3.03. The van der Waals surface area contributed by atoms with Crippen molar-refractivity contribution < 1.29 is 8.95 Å². The lowest BCUT2D eigenvalue weighted by Crippen LogP contribution is -2.11. The van der Waals surface area contributed by atoms with Gasteiger partial charge in [-0.05, 0) is 20.8 Å². The monoisotopic (exact) mass is 336 g/mol. The van der Waals surface area contributed by atoms with E-state index >= 15 is 0 Å². The topological polar surface area (TPSA) is 80.8 Å². The third kappa shape index (κ3) is 3.17. The molecule has 0 spiro atoms. The lowest BCUT2D eigenvalue weighted by Gasteiger charge is -2.11. The predicted octanol–water partition coefficient (Wildman–Crippen LogP) is 2.82. The van der Waals surface area contributed by atoms with E-state index in [0.717, 1.165) is 16.6 Å². The van der Waals surface area contributed by atoms with Gasteiger partial charge < -0.3 is 9.72 Å². The minimum atomic E-state index is -1.32. The van der Waals surface area contributed by atoms with Gasteiger partial charge in [-0.1, -0.05) is 0 Å². The van der Waals surface area contributed by atoms with Crippen molar-refractivity contribution in [1.29, 1.82) is 0 Å². The van der Waals surface area contributed by atoms with Gasteiger partial charge in [0.05, 0.1) is 28.2 Å². The molecule has 0 bridgehead atoms. The number of fused-ring (bicyclic) bond motifs is 1. The van der Waals surface area contributed by atoms with Gasteiger partial charge in [-0.3, -0.25) is 4.21 Å². The summed E-state index contributed by atoms with van der Waals surface area (Å²) in [4.78, 5) is 16.0. The van der Waals surface area contributed by atoms with Gasteiger partial charge in [0.2, 0.25) is 5.88 Å². The van der Waals surface area contributed by atoms with Crippen molar-refractivity contribution in [2.75, 3.05) is 0 Å². The lowest BCUT2D eigenvalue weighted by molar-refractivity contribution is 0.230. The van der Waals surface area contributed by atoms with E-state index in [4.69, 9.17) is 4.74 Å². The minimum Gasteiger partial charge on any atom is -0.475 e. The van der Waals surface area contributed by atoms with E-state index in [1.54, 1.807) is 17.5 Å². The van der Waals surface area contributed by atoms with Crippen molar-refractivity contribution in [1.82, 2.24) is 19.9 Å². The first-order valence-corrected chi connectivity index (χ1v) is 9.08. The third-order valence-corrected chi connectivity index (χ3v) is 4.78. The van der Waals surface area contributed by atoms with Gasteiger partial charge in [0.1, 0.15) is 11.3 Å². The van der Waals surface area contributed by atoms with E-state index in [-0.39, 0.29) is 11.9 Å². The smallest absolute Gasteiger partial charge is 0.219 e. The predicted molar refractivity (Wildman–Crippen MR) is 86.6 cm³/mol. The molecule has 3 heterocycles. The number of aryl methyl sites for hydroxylation is 1. The Balaban J connectivity index is 1.80. The Morgan fingerprint density at radius 1 is 1.36 bits per heavy atom. The SMILES string of the molecule is Cc1cnc(CS(=O)c2nc3cscc3[nH]2)nc1OC(C)C. The highest BCUT2D eigenvalue weighted by Crippen LogP contribution is 2.20. The molecular formula is C14H16N4O2S2. The molecule has 0 aliphatic carbocycles. The van der Waals surface area contributed by atoms with Crippen LogP contribution >= 0.6 is 11.3 Å². The number of thiophene rings is 1. The summed E-state index contributed by atoms with van der Waals surface area (Å²) in [5.41, 5.74) is 2.60. The Labute approximate surface area is 134 Å². The molecule has 22 heavy (non-hydrogen) atoms. The number of nitrogens with one attached hydrogen (secondary N) is 1. The van der Waals surface area contributed by atoms with Crippen molar-refractivity contribution in [2.24, 2.45) is 0 Å². The molecule has 0 aromatic carbocycles. The van der Waals surface area contributed by atoms with Crippen molar-refractivity contribution in [3.8, 4) is 5.88 Å². The Bertz CT molecular complexity index is 797. The zero-order valence-electron chi connectivity index (χ0n) is 12.5. The van der Waals surface area contributed by atoms with Crippen LogP contribution in [0.25, 0.3) is 11.0 Å². The first-order valence-electron chi connectivity index (χ1n) is 6.82. The molecule has 1 unspecified atom stereocenters. The summed E-state index contributed by atoms with van der Waals surface area (Å²) in [5.74, 6) is 1.23.